The second-order valence-corrected chi connectivity index (χ2v) is 3.01. The molecule has 0 radical (unpaired) electrons. The van der Waals surface area contributed by atoms with Crippen molar-refractivity contribution in [2.24, 2.45) is 0 Å². The molecular formula is C3H2I2N2. The first-order valence-electron chi connectivity index (χ1n) is 1.65. The standard InChI is InChI=1S/C3H2I2N2/c4-3-6-1-2-7(3)5/h1-2H. The zero-order chi connectivity index (χ0) is 5.28. The molecule has 0 aliphatic rings. The topological polar surface area (TPSA) is 17.8 Å². The Labute approximate surface area is 69.0 Å². The van der Waals surface area contributed by atoms with E-state index in [-0.39, 0.29) is 0 Å². The van der Waals surface area contributed by atoms with Crippen molar-refractivity contribution in [3.8, 4) is 0 Å². The van der Waals surface area contributed by atoms with Gasteiger partial charge in [-0.25, -0.2) is 4.98 Å². The molecule has 0 aromatic carbocycles. The summed E-state index contributed by atoms with van der Waals surface area (Å²) in [5.74, 6) is 0. The first kappa shape index (κ1) is 5.80. The van der Waals surface area contributed by atoms with E-state index >= 15 is 0 Å². The van der Waals surface area contributed by atoms with Gasteiger partial charge in [-0.1, -0.05) is 0 Å². The molecule has 0 saturated heterocycles. The van der Waals surface area contributed by atoms with Gasteiger partial charge in [0.15, 0.2) is 3.83 Å². The van der Waals surface area contributed by atoms with Gasteiger partial charge < -0.3 is 0 Å². The van der Waals surface area contributed by atoms with Crippen molar-refractivity contribution in [1.82, 2.24) is 7.76 Å². The van der Waals surface area contributed by atoms with E-state index in [0.29, 0.717) is 0 Å². The first-order chi connectivity index (χ1) is 3.30. The van der Waals surface area contributed by atoms with Crippen LogP contribution in [0, 0.1) is 3.83 Å². The van der Waals surface area contributed by atoms with Crippen molar-refractivity contribution >= 4 is 45.5 Å². The summed E-state index contributed by atoms with van der Waals surface area (Å²) >= 11 is 4.33. The lowest BCUT2D eigenvalue weighted by Gasteiger charge is -1.81. The minimum atomic E-state index is 1.01. The third-order valence-electron chi connectivity index (χ3n) is 0.555. The van der Waals surface area contributed by atoms with E-state index in [0.717, 1.165) is 3.83 Å². The maximum absolute atomic E-state index is 3.96. The summed E-state index contributed by atoms with van der Waals surface area (Å²) in [5.41, 5.74) is 0. The number of hydrogen-bond donors (Lipinski definition) is 0. The fourth-order valence-corrected chi connectivity index (χ4v) is 0.860. The average Bonchev–Trinajstić information content (AvgIpc) is 1.91. The van der Waals surface area contributed by atoms with Crippen LogP contribution in [-0.2, 0) is 0 Å². The smallest absolute Gasteiger partial charge is 0.180 e. The molecule has 0 atom stereocenters. The maximum atomic E-state index is 3.96. The molecule has 4 heteroatoms. The third kappa shape index (κ3) is 1.28. The second-order valence-electron chi connectivity index (χ2n) is 1.01. The van der Waals surface area contributed by atoms with Crippen molar-refractivity contribution in [2.45, 2.75) is 0 Å². The molecule has 38 valence electrons. The van der Waals surface area contributed by atoms with Crippen molar-refractivity contribution in [1.29, 1.82) is 0 Å². The van der Waals surface area contributed by atoms with Crippen LogP contribution < -0.4 is 0 Å². The Morgan fingerprint density at radius 1 is 1.71 bits per heavy atom. The highest BCUT2D eigenvalue weighted by atomic mass is 127. The number of halogens is 2. The van der Waals surface area contributed by atoms with Crippen molar-refractivity contribution < 1.29 is 0 Å². The minimum Gasteiger partial charge on any atom is -0.267 e. The highest BCUT2D eigenvalue weighted by Gasteiger charge is 1.88. The zero-order valence-electron chi connectivity index (χ0n) is 3.31. The molecule has 2 nitrogen and oxygen atoms in total. The van der Waals surface area contributed by atoms with Gasteiger partial charge in [-0.2, -0.15) is 0 Å². The fourth-order valence-electron chi connectivity index (χ4n) is 0.270. The lowest BCUT2D eigenvalue weighted by Crippen LogP contribution is -1.77. The summed E-state index contributed by atoms with van der Waals surface area (Å²) in [5, 5.41) is 0. The highest BCUT2D eigenvalue weighted by molar-refractivity contribution is 14.1. The predicted molar refractivity (Wildman–Crippen MR) is 44.4 cm³/mol. The van der Waals surface area contributed by atoms with Crippen molar-refractivity contribution in [2.75, 3.05) is 0 Å². The molecule has 0 saturated carbocycles. The monoisotopic (exact) mass is 320 g/mol. The fraction of sp³-hybridized carbons (Fsp3) is 0. The summed E-state index contributed by atoms with van der Waals surface area (Å²) in [7, 11) is 0. The molecule has 7 heavy (non-hydrogen) atoms. The van der Waals surface area contributed by atoms with Crippen molar-refractivity contribution in [3.63, 3.8) is 0 Å². The summed E-state index contributed by atoms with van der Waals surface area (Å²) in [6.07, 6.45) is 3.68. The van der Waals surface area contributed by atoms with Gasteiger partial charge in [-0.05, 0) is 0 Å². The molecule has 0 amide bonds. The highest BCUT2D eigenvalue weighted by Crippen LogP contribution is 2.03. The predicted octanol–water partition coefficient (Wildman–Crippen LogP) is 1.69. The number of nitrogens with zero attached hydrogens (tertiary/aromatic N) is 2. The van der Waals surface area contributed by atoms with Crippen LogP contribution in [-0.4, -0.2) is 7.76 Å². The van der Waals surface area contributed by atoms with E-state index in [1.54, 1.807) is 6.20 Å². The van der Waals surface area contributed by atoms with Gasteiger partial charge in [0.1, 0.15) is 0 Å². The molecule has 1 rings (SSSR count). The molecule has 0 aliphatic carbocycles. The van der Waals surface area contributed by atoms with E-state index < -0.39 is 0 Å². The van der Waals surface area contributed by atoms with Gasteiger partial charge in [-0.3, -0.25) is 2.78 Å². The molecule has 1 aromatic heterocycles. The Morgan fingerprint density at radius 3 is 2.57 bits per heavy atom. The largest absolute Gasteiger partial charge is 0.267 e. The number of rotatable bonds is 0. The second kappa shape index (κ2) is 2.29. The number of imidazole rings is 1. The summed E-state index contributed by atoms with van der Waals surface area (Å²) < 4.78 is 2.94. The Bertz CT molecular complexity index is 143. The van der Waals surface area contributed by atoms with E-state index in [4.69, 9.17) is 0 Å². The van der Waals surface area contributed by atoms with Crippen LogP contribution in [0.5, 0.6) is 0 Å². The Kier molecular flexibility index (Phi) is 1.90. The van der Waals surface area contributed by atoms with Crippen LogP contribution in [0.3, 0.4) is 0 Å². The van der Waals surface area contributed by atoms with Crippen molar-refractivity contribution in [3.05, 3.63) is 16.2 Å². The first-order valence-corrected chi connectivity index (χ1v) is 3.70. The Morgan fingerprint density at radius 2 is 2.43 bits per heavy atom. The lowest BCUT2D eigenvalue weighted by atomic mass is 11.0. The zero-order valence-corrected chi connectivity index (χ0v) is 7.62. The van der Waals surface area contributed by atoms with Crippen LogP contribution in [0.25, 0.3) is 0 Å². The van der Waals surface area contributed by atoms with Crippen LogP contribution in [0.15, 0.2) is 12.4 Å². The van der Waals surface area contributed by atoms with Crippen LogP contribution in [0.1, 0.15) is 0 Å². The minimum absolute atomic E-state index is 1.01. The molecule has 0 spiro atoms. The molecule has 0 unspecified atom stereocenters. The van der Waals surface area contributed by atoms with Crippen LogP contribution in [0.2, 0.25) is 0 Å². The Balaban J connectivity index is 3.12. The average molecular weight is 320 g/mol. The third-order valence-corrected chi connectivity index (χ3v) is 3.05. The van der Waals surface area contributed by atoms with E-state index in [1.165, 1.54) is 0 Å². The lowest BCUT2D eigenvalue weighted by molar-refractivity contribution is 1.20. The van der Waals surface area contributed by atoms with Crippen LogP contribution >= 0.6 is 45.5 Å². The molecule has 1 heterocycles. The van der Waals surface area contributed by atoms with Crippen LogP contribution in [0.4, 0.5) is 0 Å². The molecule has 0 aliphatic heterocycles. The van der Waals surface area contributed by atoms with Gasteiger partial charge >= 0.3 is 0 Å². The van der Waals surface area contributed by atoms with E-state index in [2.05, 4.69) is 50.4 Å². The van der Waals surface area contributed by atoms with Gasteiger partial charge in [0, 0.05) is 35.0 Å². The molecule has 1 aromatic rings. The summed E-state index contributed by atoms with van der Waals surface area (Å²) in [6.45, 7) is 0. The van der Waals surface area contributed by atoms with Gasteiger partial charge in [0.2, 0.25) is 0 Å². The molecular weight excluding hydrogens is 318 g/mol. The quantitative estimate of drug-likeness (QED) is 0.665. The maximum Gasteiger partial charge on any atom is 0.180 e. The van der Waals surface area contributed by atoms with E-state index in [9.17, 15) is 0 Å². The van der Waals surface area contributed by atoms with Gasteiger partial charge in [-0.15, -0.1) is 0 Å². The number of aromatic nitrogens is 2. The molecule has 0 fully saturated rings. The SMILES string of the molecule is Ic1nccn1I. The molecule has 0 N–H and O–H groups in total. The summed E-state index contributed by atoms with van der Waals surface area (Å²) in [4.78, 5) is 3.96. The number of hydrogen-bond acceptors (Lipinski definition) is 1. The van der Waals surface area contributed by atoms with Gasteiger partial charge in [0.25, 0.3) is 0 Å². The van der Waals surface area contributed by atoms with E-state index in [1.807, 2.05) is 8.98 Å². The van der Waals surface area contributed by atoms with Gasteiger partial charge in [0.05, 0.1) is 22.9 Å². The molecule has 0 bridgehead atoms. The normalized spacial score (nSPS) is 9.43. The Hall–Kier alpha value is 0.670. The summed E-state index contributed by atoms with van der Waals surface area (Å²) in [6, 6.07) is 0.